The van der Waals surface area contributed by atoms with Crippen molar-refractivity contribution in [3.8, 4) is 0 Å². The van der Waals surface area contributed by atoms with Crippen molar-refractivity contribution in [2.45, 2.75) is 12.6 Å². The van der Waals surface area contributed by atoms with Crippen LogP contribution in [0.3, 0.4) is 0 Å². The molecule has 3 amide bonds. The van der Waals surface area contributed by atoms with Gasteiger partial charge in [0.25, 0.3) is 0 Å². The molecule has 10 heteroatoms. The molecule has 1 heterocycles. The molecule has 2 rings (SSSR count). The van der Waals surface area contributed by atoms with E-state index in [0.717, 1.165) is 4.90 Å². The van der Waals surface area contributed by atoms with Gasteiger partial charge in [-0.25, -0.2) is 0 Å². The van der Waals surface area contributed by atoms with Gasteiger partial charge in [-0.05, 0) is 18.2 Å². The number of halogens is 4. The molecule has 0 bridgehead atoms. The van der Waals surface area contributed by atoms with E-state index in [0.29, 0.717) is 15.6 Å². The van der Waals surface area contributed by atoms with E-state index in [4.69, 9.17) is 11.6 Å². The van der Waals surface area contributed by atoms with Crippen molar-refractivity contribution in [3.05, 3.63) is 29.3 Å². The minimum Gasteiger partial charge on any atom is -0.347 e. The van der Waals surface area contributed by atoms with Gasteiger partial charge >= 0.3 is 6.18 Å². The standard InChI is InChI=1S/C17H19ClF3N3O3/c1-22(2)15(26)9-23(10-17(19,20)21)16(27)11-6-14(25)24(8-11)13-5-3-4-12(18)7-13/h3-5,7,11H,6,8-10H2,1-2H3/t11-/m1/s1. The van der Waals surface area contributed by atoms with Crippen LogP contribution in [0.2, 0.25) is 5.02 Å². The molecule has 0 N–H and O–H groups in total. The van der Waals surface area contributed by atoms with Gasteiger partial charge in [-0.1, -0.05) is 17.7 Å². The van der Waals surface area contributed by atoms with Crippen molar-refractivity contribution in [3.63, 3.8) is 0 Å². The van der Waals surface area contributed by atoms with Crippen LogP contribution in [0.1, 0.15) is 6.42 Å². The van der Waals surface area contributed by atoms with E-state index in [-0.39, 0.29) is 18.9 Å². The zero-order valence-electron chi connectivity index (χ0n) is 14.8. The maximum atomic E-state index is 12.9. The number of alkyl halides is 3. The van der Waals surface area contributed by atoms with Crippen LogP contribution in [-0.2, 0) is 14.4 Å². The lowest BCUT2D eigenvalue weighted by Gasteiger charge is -2.27. The van der Waals surface area contributed by atoms with Crippen molar-refractivity contribution in [1.29, 1.82) is 0 Å². The molecule has 1 aromatic carbocycles. The van der Waals surface area contributed by atoms with Crippen molar-refractivity contribution in [2.24, 2.45) is 5.92 Å². The third kappa shape index (κ3) is 5.59. The van der Waals surface area contributed by atoms with Crippen molar-refractivity contribution in [2.75, 3.05) is 38.6 Å². The summed E-state index contributed by atoms with van der Waals surface area (Å²) in [6, 6.07) is 6.41. The summed E-state index contributed by atoms with van der Waals surface area (Å²) in [6.07, 6.45) is -4.88. The SMILES string of the molecule is CN(C)C(=O)CN(CC(F)(F)F)C(=O)[C@@H]1CC(=O)N(c2cccc(Cl)c2)C1. The third-order valence-corrected chi connectivity index (χ3v) is 4.34. The molecule has 1 saturated heterocycles. The number of hydrogen-bond donors (Lipinski definition) is 0. The van der Waals surface area contributed by atoms with E-state index >= 15 is 0 Å². The number of anilines is 1. The molecule has 0 unspecified atom stereocenters. The molecule has 1 aromatic rings. The summed E-state index contributed by atoms with van der Waals surface area (Å²) in [7, 11) is 2.77. The molecule has 1 aliphatic rings. The first-order valence-corrected chi connectivity index (χ1v) is 8.47. The van der Waals surface area contributed by atoms with Crippen molar-refractivity contribution < 1.29 is 27.6 Å². The molecule has 27 heavy (non-hydrogen) atoms. The van der Waals surface area contributed by atoms with Gasteiger partial charge in [0.2, 0.25) is 17.7 Å². The molecule has 1 aliphatic heterocycles. The van der Waals surface area contributed by atoms with Gasteiger partial charge in [0.15, 0.2) is 0 Å². The topological polar surface area (TPSA) is 60.9 Å². The smallest absolute Gasteiger partial charge is 0.347 e. The highest BCUT2D eigenvalue weighted by atomic mass is 35.5. The first kappa shape index (κ1) is 21.0. The van der Waals surface area contributed by atoms with Gasteiger partial charge in [0.1, 0.15) is 13.1 Å². The molecule has 0 aliphatic carbocycles. The van der Waals surface area contributed by atoms with Crippen LogP contribution in [0, 0.1) is 5.92 Å². The van der Waals surface area contributed by atoms with Crippen LogP contribution in [0.5, 0.6) is 0 Å². The fourth-order valence-corrected chi connectivity index (χ4v) is 2.94. The fourth-order valence-electron chi connectivity index (χ4n) is 2.76. The zero-order chi connectivity index (χ0) is 20.4. The van der Waals surface area contributed by atoms with Crippen LogP contribution in [0.4, 0.5) is 18.9 Å². The largest absolute Gasteiger partial charge is 0.406 e. The van der Waals surface area contributed by atoms with E-state index in [1.54, 1.807) is 18.2 Å². The Kier molecular flexibility index (Phi) is 6.35. The molecular formula is C17H19ClF3N3O3. The number of carbonyl (C=O) groups excluding carboxylic acids is 3. The van der Waals surface area contributed by atoms with Crippen molar-refractivity contribution in [1.82, 2.24) is 9.80 Å². The molecular weight excluding hydrogens is 387 g/mol. The lowest BCUT2D eigenvalue weighted by molar-refractivity contribution is -0.166. The summed E-state index contributed by atoms with van der Waals surface area (Å²) < 4.78 is 38.6. The van der Waals surface area contributed by atoms with Gasteiger partial charge in [-0.15, -0.1) is 0 Å². The Morgan fingerprint density at radius 2 is 1.96 bits per heavy atom. The summed E-state index contributed by atoms with van der Waals surface area (Å²) in [6.45, 7) is -2.32. The van der Waals surface area contributed by atoms with Crippen LogP contribution in [0.15, 0.2) is 24.3 Å². The van der Waals surface area contributed by atoms with Crippen LogP contribution >= 0.6 is 11.6 Å². The lowest BCUT2D eigenvalue weighted by Crippen LogP contribution is -2.47. The molecule has 1 atom stereocenters. The number of hydrogen-bond acceptors (Lipinski definition) is 3. The average Bonchev–Trinajstić information content (AvgIpc) is 2.94. The van der Waals surface area contributed by atoms with Crippen LogP contribution < -0.4 is 4.90 Å². The van der Waals surface area contributed by atoms with Gasteiger partial charge in [0, 0.05) is 37.8 Å². The molecule has 0 spiro atoms. The highest BCUT2D eigenvalue weighted by Gasteiger charge is 2.41. The predicted octanol–water partition coefficient (Wildman–Crippen LogP) is 2.17. The van der Waals surface area contributed by atoms with Crippen LogP contribution in [-0.4, -0.2) is 67.4 Å². The second-order valence-electron chi connectivity index (χ2n) is 6.48. The number of nitrogens with zero attached hydrogens (tertiary/aromatic N) is 3. The Balaban J connectivity index is 2.17. The zero-order valence-corrected chi connectivity index (χ0v) is 15.5. The Hall–Kier alpha value is -2.29. The van der Waals surface area contributed by atoms with Gasteiger partial charge < -0.3 is 14.7 Å². The number of benzene rings is 1. The van der Waals surface area contributed by atoms with Crippen molar-refractivity contribution >= 4 is 35.0 Å². The Morgan fingerprint density at radius 1 is 1.30 bits per heavy atom. The molecule has 148 valence electrons. The predicted molar refractivity (Wildman–Crippen MR) is 93.2 cm³/mol. The van der Waals surface area contributed by atoms with Gasteiger partial charge in [-0.3, -0.25) is 14.4 Å². The average molecular weight is 406 g/mol. The number of likely N-dealkylation sites (N-methyl/N-ethyl adjacent to an activating group) is 1. The minimum absolute atomic E-state index is 0.0669. The summed E-state index contributed by atoms with van der Waals surface area (Å²) in [5.41, 5.74) is 0.467. The van der Waals surface area contributed by atoms with E-state index in [2.05, 4.69) is 0 Å². The molecule has 0 saturated carbocycles. The summed E-state index contributed by atoms with van der Waals surface area (Å²) in [5, 5.41) is 0.394. The minimum atomic E-state index is -4.66. The second-order valence-corrected chi connectivity index (χ2v) is 6.92. The molecule has 0 aromatic heterocycles. The second kappa shape index (κ2) is 8.16. The normalized spacial score (nSPS) is 17.2. The Morgan fingerprint density at radius 3 is 2.52 bits per heavy atom. The highest BCUT2D eigenvalue weighted by molar-refractivity contribution is 6.31. The summed E-state index contributed by atoms with van der Waals surface area (Å²) in [5.74, 6) is -2.86. The summed E-state index contributed by atoms with van der Waals surface area (Å²) in [4.78, 5) is 39.6. The van der Waals surface area contributed by atoms with E-state index in [9.17, 15) is 27.6 Å². The van der Waals surface area contributed by atoms with E-state index in [1.807, 2.05) is 0 Å². The quantitative estimate of drug-likeness (QED) is 0.754. The monoisotopic (exact) mass is 405 g/mol. The Labute approximate surface area is 159 Å². The number of rotatable bonds is 5. The highest BCUT2D eigenvalue weighted by Crippen LogP contribution is 2.29. The van der Waals surface area contributed by atoms with E-state index < -0.39 is 37.0 Å². The number of amides is 3. The maximum absolute atomic E-state index is 12.9. The Bertz CT molecular complexity index is 740. The summed E-state index contributed by atoms with van der Waals surface area (Å²) >= 11 is 5.90. The molecule has 0 radical (unpaired) electrons. The van der Waals surface area contributed by atoms with Gasteiger partial charge in [0.05, 0.1) is 5.92 Å². The fraction of sp³-hybridized carbons (Fsp3) is 0.471. The third-order valence-electron chi connectivity index (χ3n) is 4.10. The molecule has 6 nitrogen and oxygen atoms in total. The van der Waals surface area contributed by atoms with Gasteiger partial charge in [-0.2, -0.15) is 13.2 Å². The lowest BCUT2D eigenvalue weighted by atomic mass is 10.1. The van der Waals surface area contributed by atoms with E-state index in [1.165, 1.54) is 25.1 Å². The first-order valence-electron chi connectivity index (χ1n) is 8.09. The number of carbonyl (C=O) groups is 3. The van der Waals surface area contributed by atoms with Crippen LogP contribution in [0.25, 0.3) is 0 Å². The molecule has 1 fully saturated rings. The maximum Gasteiger partial charge on any atom is 0.406 e. The first-order chi connectivity index (χ1) is 12.5.